The Hall–Kier alpha value is -1.66. The van der Waals surface area contributed by atoms with Crippen LogP contribution < -0.4 is 0 Å². The van der Waals surface area contributed by atoms with Gasteiger partial charge in [0.2, 0.25) is 0 Å². The third kappa shape index (κ3) is 4.54. The van der Waals surface area contributed by atoms with E-state index in [1.807, 2.05) is 55.1 Å². The summed E-state index contributed by atoms with van der Waals surface area (Å²) in [5.41, 5.74) is 2.30. The Morgan fingerprint density at radius 2 is 1.77 bits per heavy atom. The molecular formula is C19H20Cl2N4S. The first-order valence-electron chi connectivity index (χ1n) is 8.24. The van der Waals surface area contributed by atoms with Gasteiger partial charge in [0.15, 0.2) is 4.77 Å². The summed E-state index contributed by atoms with van der Waals surface area (Å²) in [4.78, 5) is 2.13. The van der Waals surface area contributed by atoms with Gasteiger partial charge in [0, 0.05) is 6.54 Å². The van der Waals surface area contributed by atoms with Crippen LogP contribution in [0.25, 0.3) is 0 Å². The van der Waals surface area contributed by atoms with Gasteiger partial charge in [0.1, 0.15) is 5.82 Å². The highest BCUT2D eigenvalue weighted by molar-refractivity contribution is 7.71. The van der Waals surface area contributed by atoms with Gasteiger partial charge in [-0.15, -0.1) is 0 Å². The monoisotopic (exact) mass is 406 g/mol. The minimum Gasteiger partial charge on any atom is -0.300 e. The largest absolute Gasteiger partial charge is 0.300 e. The minimum atomic E-state index is 0.565. The molecule has 136 valence electrons. The molecule has 4 nitrogen and oxygen atoms in total. The molecule has 0 spiro atoms. The zero-order chi connectivity index (χ0) is 18.7. The highest BCUT2D eigenvalue weighted by atomic mass is 35.5. The molecule has 0 aliphatic rings. The van der Waals surface area contributed by atoms with Gasteiger partial charge in [0.05, 0.1) is 23.3 Å². The normalized spacial score (nSPS) is 11.3. The zero-order valence-corrected chi connectivity index (χ0v) is 17.0. The molecule has 0 unspecified atom stereocenters. The third-order valence-electron chi connectivity index (χ3n) is 4.10. The highest BCUT2D eigenvalue weighted by Gasteiger charge is 2.10. The van der Waals surface area contributed by atoms with Crippen molar-refractivity contribution < 1.29 is 0 Å². The Balaban J connectivity index is 1.72. The molecule has 0 aliphatic heterocycles. The Bertz CT molecular complexity index is 950. The lowest BCUT2D eigenvalue weighted by atomic mass is 10.2. The SMILES string of the molecule is Cc1nn(CN(C)Cc2ccc(Cl)c(Cl)c2)c(=S)n1Cc1ccccc1. The second-order valence-corrected chi connectivity index (χ2v) is 7.48. The smallest absolute Gasteiger partial charge is 0.199 e. The number of halogens is 2. The summed E-state index contributed by atoms with van der Waals surface area (Å²) in [6.45, 7) is 4.03. The van der Waals surface area contributed by atoms with Crippen LogP contribution in [-0.2, 0) is 19.8 Å². The molecule has 1 heterocycles. The maximum absolute atomic E-state index is 6.10. The van der Waals surface area contributed by atoms with Crippen molar-refractivity contribution in [2.24, 2.45) is 0 Å². The van der Waals surface area contributed by atoms with E-state index in [4.69, 9.17) is 35.4 Å². The molecule has 1 aromatic heterocycles. The van der Waals surface area contributed by atoms with E-state index in [0.29, 0.717) is 21.5 Å². The van der Waals surface area contributed by atoms with Crippen molar-refractivity contribution in [3.05, 3.63) is 80.3 Å². The van der Waals surface area contributed by atoms with Gasteiger partial charge in [-0.25, -0.2) is 4.68 Å². The minimum absolute atomic E-state index is 0.565. The Kier molecular flexibility index (Phi) is 6.14. The fourth-order valence-corrected chi connectivity index (χ4v) is 3.43. The van der Waals surface area contributed by atoms with E-state index < -0.39 is 0 Å². The second-order valence-electron chi connectivity index (χ2n) is 6.31. The molecule has 3 aromatic rings. The molecule has 0 amide bonds. The highest BCUT2D eigenvalue weighted by Crippen LogP contribution is 2.23. The van der Waals surface area contributed by atoms with Crippen molar-refractivity contribution in [2.75, 3.05) is 7.05 Å². The third-order valence-corrected chi connectivity index (χ3v) is 5.27. The molecule has 0 radical (unpaired) electrons. The molecule has 0 aliphatic carbocycles. The van der Waals surface area contributed by atoms with E-state index >= 15 is 0 Å². The predicted molar refractivity (Wildman–Crippen MR) is 109 cm³/mol. The van der Waals surface area contributed by atoms with Crippen molar-refractivity contribution in [3.8, 4) is 0 Å². The summed E-state index contributed by atoms with van der Waals surface area (Å²) in [6.07, 6.45) is 0. The van der Waals surface area contributed by atoms with Crippen molar-refractivity contribution >= 4 is 35.4 Å². The van der Waals surface area contributed by atoms with Gasteiger partial charge in [-0.05, 0) is 49.4 Å². The lowest BCUT2D eigenvalue weighted by Gasteiger charge is -2.16. The second kappa shape index (κ2) is 8.35. The van der Waals surface area contributed by atoms with Gasteiger partial charge >= 0.3 is 0 Å². The van der Waals surface area contributed by atoms with Gasteiger partial charge in [-0.3, -0.25) is 9.47 Å². The Labute approximate surface area is 168 Å². The lowest BCUT2D eigenvalue weighted by molar-refractivity contribution is 0.243. The molecule has 0 bridgehead atoms. The summed E-state index contributed by atoms with van der Waals surface area (Å²) in [6, 6.07) is 15.9. The Morgan fingerprint density at radius 3 is 2.46 bits per heavy atom. The number of hydrogen-bond acceptors (Lipinski definition) is 3. The summed E-state index contributed by atoms with van der Waals surface area (Å²) in [7, 11) is 2.02. The lowest BCUT2D eigenvalue weighted by Crippen LogP contribution is -2.22. The predicted octanol–water partition coefficient (Wildman–Crippen LogP) is 5.17. The summed E-state index contributed by atoms with van der Waals surface area (Å²) >= 11 is 17.7. The van der Waals surface area contributed by atoms with E-state index in [0.717, 1.165) is 24.5 Å². The van der Waals surface area contributed by atoms with Crippen LogP contribution >= 0.6 is 35.4 Å². The molecule has 0 saturated carbocycles. The average Bonchev–Trinajstić information content (AvgIpc) is 2.86. The van der Waals surface area contributed by atoms with E-state index in [1.165, 1.54) is 5.56 Å². The summed E-state index contributed by atoms with van der Waals surface area (Å²) in [5, 5.41) is 5.74. The van der Waals surface area contributed by atoms with Gasteiger partial charge < -0.3 is 0 Å². The van der Waals surface area contributed by atoms with Crippen molar-refractivity contribution in [1.29, 1.82) is 0 Å². The summed E-state index contributed by atoms with van der Waals surface area (Å²) in [5.74, 6) is 0.904. The summed E-state index contributed by atoms with van der Waals surface area (Å²) < 4.78 is 4.62. The van der Waals surface area contributed by atoms with Crippen LogP contribution in [0.3, 0.4) is 0 Å². The van der Waals surface area contributed by atoms with E-state index in [1.54, 1.807) is 0 Å². The molecular weight excluding hydrogens is 387 g/mol. The van der Waals surface area contributed by atoms with E-state index in [2.05, 4.69) is 26.7 Å². The fraction of sp³-hybridized carbons (Fsp3) is 0.263. The van der Waals surface area contributed by atoms with Gasteiger partial charge in [0.25, 0.3) is 0 Å². The van der Waals surface area contributed by atoms with E-state index in [-0.39, 0.29) is 0 Å². The molecule has 0 saturated heterocycles. The molecule has 0 N–H and O–H groups in total. The molecule has 7 heteroatoms. The first-order chi connectivity index (χ1) is 12.4. The molecule has 3 rings (SSSR count). The Morgan fingerprint density at radius 1 is 1.04 bits per heavy atom. The molecule has 0 fully saturated rings. The number of hydrogen-bond donors (Lipinski definition) is 0. The number of nitrogens with zero attached hydrogens (tertiary/aromatic N) is 4. The van der Waals surface area contributed by atoms with Crippen molar-refractivity contribution in [3.63, 3.8) is 0 Å². The number of aryl methyl sites for hydroxylation is 1. The zero-order valence-electron chi connectivity index (χ0n) is 14.7. The molecule has 0 atom stereocenters. The standard InChI is InChI=1S/C19H20Cl2N4S/c1-14-22-25(19(26)24(14)12-15-6-4-3-5-7-15)13-23(2)11-16-8-9-17(20)18(21)10-16/h3-10H,11-13H2,1-2H3. The van der Waals surface area contributed by atoms with Crippen LogP contribution in [0, 0.1) is 11.7 Å². The maximum atomic E-state index is 6.10. The first kappa shape index (κ1) is 19.1. The number of aromatic nitrogens is 3. The average molecular weight is 407 g/mol. The van der Waals surface area contributed by atoms with Crippen LogP contribution in [-0.4, -0.2) is 26.3 Å². The van der Waals surface area contributed by atoms with Crippen LogP contribution in [0.1, 0.15) is 17.0 Å². The fourth-order valence-electron chi connectivity index (χ4n) is 2.82. The van der Waals surface area contributed by atoms with Gasteiger partial charge in [-0.2, -0.15) is 5.10 Å². The maximum Gasteiger partial charge on any atom is 0.199 e. The molecule has 26 heavy (non-hydrogen) atoms. The quantitative estimate of drug-likeness (QED) is 0.528. The van der Waals surface area contributed by atoms with Crippen LogP contribution in [0.5, 0.6) is 0 Å². The van der Waals surface area contributed by atoms with Gasteiger partial charge in [-0.1, -0.05) is 59.6 Å². The topological polar surface area (TPSA) is 26.0 Å². The van der Waals surface area contributed by atoms with Crippen molar-refractivity contribution in [2.45, 2.75) is 26.7 Å². The van der Waals surface area contributed by atoms with Crippen LogP contribution in [0.4, 0.5) is 0 Å². The first-order valence-corrected chi connectivity index (χ1v) is 9.41. The van der Waals surface area contributed by atoms with Crippen LogP contribution in [0.15, 0.2) is 48.5 Å². The number of benzene rings is 2. The van der Waals surface area contributed by atoms with E-state index in [9.17, 15) is 0 Å². The van der Waals surface area contributed by atoms with Crippen LogP contribution in [0.2, 0.25) is 10.0 Å². The number of rotatable bonds is 6. The van der Waals surface area contributed by atoms with Crippen molar-refractivity contribution in [1.82, 2.24) is 19.2 Å². The molecule has 2 aromatic carbocycles.